The van der Waals surface area contributed by atoms with Gasteiger partial charge in [-0.25, -0.2) is 0 Å². The van der Waals surface area contributed by atoms with Gasteiger partial charge in [0.15, 0.2) is 0 Å². The van der Waals surface area contributed by atoms with E-state index in [1.807, 2.05) is 0 Å². The van der Waals surface area contributed by atoms with Gasteiger partial charge in [0.05, 0.1) is 0 Å². The van der Waals surface area contributed by atoms with Gasteiger partial charge in [-0.05, 0) is 40.0 Å². The molecule has 18 heavy (non-hydrogen) atoms. The number of benzene rings is 1. The molecule has 0 aromatic heterocycles. The van der Waals surface area contributed by atoms with Crippen molar-refractivity contribution in [1.29, 1.82) is 0 Å². The molecular weight excluding hydrogens is 220 g/mol. The molecule has 0 spiro atoms. The molecule has 2 rings (SSSR count). The van der Waals surface area contributed by atoms with E-state index in [1.165, 1.54) is 11.1 Å². The van der Waals surface area contributed by atoms with Gasteiger partial charge in [-0.15, -0.1) is 0 Å². The summed E-state index contributed by atoms with van der Waals surface area (Å²) in [6.07, 6.45) is 1.78. The zero-order valence-corrected chi connectivity index (χ0v) is 12.2. The predicted molar refractivity (Wildman–Crippen MR) is 77.4 cm³/mol. The van der Waals surface area contributed by atoms with E-state index in [2.05, 4.69) is 59.4 Å². The van der Waals surface area contributed by atoms with Gasteiger partial charge in [-0.2, -0.15) is 0 Å². The summed E-state index contributed by atoms with van der Waals surface area (Å²) in [5.41, 5.74) is 3.33. The van der Waals surface area contributed by atoms with Gasteiger partial charge in [0, 0.05) is 0 Å². The van der Waals surface area contributed by atoms with E-state index in [0.29, 0.717) is 12.5 Å². The van der Waals surface area contributed by atoms with E-state index in [0.717, 1.165) is 5.75 Å². The Labute approximate surface area is 111 Å². The molecule has 1 unspecified atom stereocenters. The van der Waals surface area contributed by atoms with Crippen molar-refractivity contribution in [3.05, 3.63) is 42.0 Å². The largest absolute Gasteiger partial charge is 0.490 e. The van der Waals surface area contributed by atoms with E-state index in [1.54, 1.807) is 6.08 Å². The maximum atomic E-state index is 5.66. The molecule has 0 radical (unpaired) electrons. The Morgan fingerprint density at radius 2 is 1.78 bits per heavy atom. The zero-order valence-electron chi connectivity index (χ0n) is 12.2. The number of rotatable bonds is 3. The van der Waals surface area contributed by atoms with Gasteiger partial charge in [0.1, 0.15) is 12.4 Å². The Bertz CT molecular complexity index is 468. The molecule has 1 atom stereocenters. The Morgan fingerprint density at radius 1 is 1.17 bits per heavy atom. The molecule has 0 amide bonds. The topological polar surface area (TPSA) is 9.23 Å². The van der Waals surface area contributed by atoms with E-state index < -0.39 is 0 Å². The van der Waals surface area contributed by atoms with Crippen LogP contribution in [0.25, 0.3) is 0 Å². The highest BCUT2D eigenvalue weighted by atomic mass is 16.5. The Morgan fingerprint density at radius 3 is 2.39 bits per heavy atom. The summed E-state index contributed by atoms with van der Waals surface area (Å²) < 4.78 is 5.66. The molecule has 0 N–H and O–H groups in total. The lowest BCUT2D eigenvalue weighted by molar-refractivity contribution is 0.264. The van der Waals surface area contributed by atoms with E-state index in [-0.39, 0.29) is 10.8 Å². The highest BCUT2D eigenvalue weighted by molar-refractivity contribution is 5.49. The summed E-state index contributed by atoms with van der Waals surface area (Å²) >= 11 is 0. The highest BCUT2D eigenvalue weighted by Crippen LogP contribution is 2.54. The summed E-state index contributed by atoms with van der Waals surface area (Å²) in [7, 11) is 0. The number of hydrogen-bond acceptors (Lipinski definition) is 1. The van der Waals surface area contributed by atoms with Crippen LogP contribution in [0.3, 0.4) is 0 Å². The molecule has 1 aromatic rings. The van der Waals surface area contributed by atoms with Crippen LogP contribution >= 0.6 is 0 Å². The molecule has 1 aliphatic rings. The average molecular weight is 244 g/mol. The second-order valence-corrected chi connectivity index (χ2v) is 6.47. The lowest BCUT2D eigenvalue weighted by atomic mass is 9.71. The fourth-order valence-electron chi connectivity index (χ4n) is 3.23. The fourth-order valence-corrected chi connectivity index (χ4v) is 3.23. The molecule has 1 heteroatoms. The summed E-state index contributed by atoms with van der Waals surface area (Å²) in [5, 5.41) is 0. The lowest BCUT2D eigenvalue weighted by Crippen LogP contribution is -2.30. The van der Waals surface area contributed by atoms with Crippen LogP contribution in [-0.2, 0) is 10.8 Å². The molecule has 98 valence electrons. The van der Waals surface area contributed by atoms with Crippen molar-refractivity contribution in [2.24, 2.45) is 5.92 Å². The van der Waals surface area contributed by atoms with Gasteiger partial charge < -0.3 is 4.74 Å². The van der Waals surface area contributed by atoms with Crippen LogP contribution in [0.1, 0.15) is 45.7 Å². The first-order chi connectivity index (χ1) is 8.31. The number of hydrogen-bond donors (Lipinski definition) is 0. The summed E-state index contributed by atoms with van der Waals surface area (Å²) in [6, 6.07) is 6.53. The van der Waals surface area contributed by atoms with Gasteiger partial charge in [0.25, 0.3) is 0 Å². The van der Waals surface area contributed by atoms with Crippen molar-refractivity contribution in [2.75, 3.05) is 6.61 Å². The van der Waals surface area contributed by atoms with Crippen molar-refractivity contribution < 1.29 is 4.74 Å². The van der Waals surface area contributed by atoms with E-state index in [4.69, 9.17) is 4.74 Å². The van der Waals surface area contributed by atoms with Crippen molar-refractivity contribution >= 4 is 0 Å². The first-order valence-corrected chi connectivity index (χ1v) is 6.70. The molecule has 0 saturated heterocycles. The smallest absolute Gasteiger partial charge is 0.120 e. The van der Waals surface area contributed by atoms with Crippen LogP contribution in [0.2, 0.25) is 0 Å². The van der Waals surface area contributed by atoms with Crippen LogP contribution in [0.4, 0.5) is 0 Å². The first kappa shape index (κ1) is 13.2. The monoisotopic (exact) mass is 244 g/mol. The van der Waals surface area contributed by atoms with Crippen LogP contribution in [-0.4, -0.2) is 6.61 Å². The van der Waals surface area contributed by atoms with E-state index >= 15 is 0 Å². The predicted octanol–water partition coefficient (Wildman–Crippen LogP) is 4.46. The second kappa shape index (κ2) is 4.15. The molecule has 1 aliphatic carbocycles. The fraction of sp³-hybridized carbons (Fsp3) is 0.529. The van der Waals surface area contributed by atoms with Gasteiger partial charge in [-0.1, -0.05) is 53.3 Å². The number of ether oxygens (including phenoxy) is 1. The van der Waals surface area contributed by atoms with Gasteiger partial charge >= 0.3 is 0 Å². The maximum absolute atomic E-state index is 5.66. The minimum absolute atomic E-state index is 0.201. The summed E-state index contributed by atoms with van der Waals surface area (Å²) in [4.78, 5) is 0. The zero-order chi connectivity index (χ0) is 13.6. The standard InChI is InChI=1S/C17H24O/c1-7-10-18-13-8-9-14-15(11-13)17(5,6)12(2)16(14,3)4/h7-9,11-12H,1,10H2,2-6H3. The molecule has 1 nitrogen and oxygen atoms in total. The lowest BCUT2D eigenvalue weighted by Gasteiger charge is -2.32. The second-order valence-electron chi connectivity index (χ2n) is 6.47. The Hall–Kier alpha value is -1.24. The van der Waals surface area contributed by atoms with Crippen molar-refractivity contribution in [1.82, 2.24) is 0 Å². The third kappa shape index (κ3) is 1.77. The Kier molecular flexibility index (Phi) is 3.04. The first-order valence-electron chi connectivity index (χ1n) is 6.70. The van der Waals surface area contributed by atoms with Crippen molar-refractivity contribution in [3.63, 3.8) is 0 Å². The van der Waals surface area contributed by atoms with Gasteiger partial charge in [-0.3, -0.25) is 0 Å². The average Bonchev–Trinajstić information content (AvgIpc) is 2.46. The van der Waals surface area contributed by atoms with Crippen molar-refractivity contribution in [2.45, 2.75) is 45.4 Å². The molecule has 0 saturated carbocycles. The molecule has 0 fully saturated rings. The normalized spacial score (nSPS) is 23.5. The maximum Gasteiger partial charge on any atom is 0.120 e. The highest BCUT2D eigenvalue weighted by Gasteiger charge is 2.48. The minimum atomic E-state index is 0.201. The van der Waals surface area contributed by atoms with Crippen LogP contribution in [0, 0.1) is 5.92 Å². The molecular formula is C17H24O. The van der Waals surface area contributed by atoms with Crippen LogP contribution in [0.5, 0.6) is 5.75 Å². The van der Waals surface area contributed by atoms with Crippen LogP contribution in [0.15, 0.2) is 30.9 Å². The summed E-state index contributed by atoms with van der Waals surface area (Å²) in [6.45, 7) is 16.0. The quantitative estimate of drug-likeness (QED) is 0.713. The number of fused-ring (bicyclic) bond motifs is 1. The molecule has 1 aromatic carbocycles. The molecule has 0 heterocycles. The van der Waals surface area contributed by atoms with Gasteiger partial charge in [0.2, 0.25) is 0 Å². The minimum Gasteiger partial charge on any atom is -0.490 e. The SMILES string of the molecule is C=CCOc1ccc2c(c1)C(C)(C)C(C)C2(C)C. The van der Waals surface area contributed by atoms with Crippen LogP contribution < -0.4 is 4.74 Å². The molecule has 0 aliphatic heterocycles. The Balaban J connectivity index is 2.48. The summed E-state index contributed by atoms with van der Waals surface area (Å²) in [5.74, 6) is 1.57. The third-order valence-corrected chi connectivity index (χ3v) is 4.91. The third-order valence-electron chi connectivity index (χ3n) is 4.91. The molecule has 0 bridgehead atoms. The van der Waals surface area contributed by atoms with Crippen molar-refractivity contribution in [3.8, 4) is 5.75 Å². The van der Waals surface area contributed by atoms with E-state index in [9.17, 15) is 0 Å².